The first-order valence-electron chi connectivity index (χ1n) is 10.2. The molecule has 1 saturated carbocycles. The van der Waals surface area contributed by atoms with E-state index < -0.39 is 11.4 Å². The minimum Gasteiger partial charge on any atom is -0.481 e. The molecule has 0 radical (unpaired) electrons. The Morgan fingerprint density at radius 1 is 1.07 bits per heavy atom. The van der Waals surface area contributed by atoms with Crippen LogP contribution in [0.3, 0.4) is 0 Å². The lowest BCUT2D eigenvalue weighted by Crippen LogP contribution is -2.55. The molecular weight excluding hydrogens is 338 g/mol. The highest BCUT2D eigenvalue weighted by Gasteiger charge is 2.49. The monoisotopic (exact) mass is 367 g/mol. The van der Waals surface area contributed by atoms with Gasteiger partial charge in [-0.1, -0.05) is 55.3 Å². The summed E-state index contributed by atoms with van der Waals surface area (Å²) in [6.07, 6.45) is 4.34. The number of carbonyl (C=O) groups is 1. The number of morpholine rings is 1. The predicted molar refractivity (Wildman–Crippen MR) is 107 cm³/mol. The van der Waals surface area contributed by atoms with Crippen molar-refractivity contribution in [2.24, 2.45) is 5.92 Å². The fourth-order valence-corrected chi connectivity index (χ4v) is 5.28. The first-order chi connectivity index (χ1) is 13.1. The zero-order chi connectivity index (χ0) is 18.9. The quantitative estimate of drug-likeness (QED) is 0.885. The fourth-order valence-electron chi connectivity index (χ4n) is 5.28. The van der Waals surface area contributed by atoms with Gasteiger partial charge in [0.25, 0.3) is 0 Å². The summed E-state index contributed by atoms with van der Waals surface area (Å²) in [5.41, 5.74) is 0.0582. The van der Waals surface area contributed by atoms with Crippen molar-refractivity contribution in [3.63, 3.8) is 0 Å². The van der Waals surface area contributed by atoms with Crippen molar-refractivity contribution < 1.29 is 14.6 Å². The van der Waals surface area contributed by atoms with Gasteiger partial charge in [0.1, 0.15) is 0 Å². The number of nitrogens with zero attached hydrogens (tertiary/aromatic N) is 1. The summed E-state index contributed by atoms with van der Waals surface area (Å²) in [5.74, 6) is -0.600. The topological polar surface area (TPSA) is 49.8 Å². The van der Waals surface area contributed by atoms with Gasteiger partial charge in [0.05, 0.1) is 18.6 Å². The van der Waals surface area contributed by atoms with E-state index in [4.69, 9.17) is 4.74 Å². The smallest absolute Gasteiger partial charge is 0.314 e. The van der Waals surface area contributed by atoms with Crippen molar-refractivity contribution in [2.45, 2.75) is 44.1 Å². The van der Waals surface area contributed by atoms with Crippen LogP contribution in [0, 0.1) is 5.92 Å². The Kier molecular flexibility index (Phi) is 5.20. The fraction of sp³-hybridized carbons (Fsp3) is 0.522. The highest BCUT2D eigenvalue weighted by atomic mass is 16.5. The molecule has 27 heavy (non-hydrogen) atoms. The lowest BCUT2D eigenvalue weighted by Gasteiger charge is -2.48. The molecule has 0 aromatic heterocycles. The van der Waals surface area contributed by atoms with Crippen LogP contribution in [0.2, 0.25) is 0 Å². The van der Waals surface area contributed by atoms with E-state index >= 15 is 0 Å². The van der Waals surface area contributed by atoms with Gasteiger partial charge in [-0.25, -0.2) is 0 Å². The summed E-state index contributed by atoms with van der Waals surface area (Å²) >= 11 is 0. The Balaban J connectivity index is 1.80. The number of hydrogen-bond acceptors (Lipinski definition) is 3. The summed E-state index contributed by atoms with van der Waals surface area (Å²) in [7, 11) is 0. The molecule has 3 atom stereocenters. The van der Waals surface area contributed by atoms with E-state index in [2.05, 4.69) is 23.1 Å². The van der Waals surface area contributed by atoms with Gasteiger partial charge < -0.3 is 9.84 Å². The second-order valence-electron chi connectivity index (χ2n) is 8.14. The van der Waals surface area contributed by atoms with Crippen molar-refractivity contribution >= 4 is 16.7 Å². The van der Waals surface area contributed by atoms with Crippen molar-refractivity contribution in [1.82, 2.24) is 4.90 Å². The molecule has 1 heterocycles. The number of carboxylic acids is 1. The Morgan fingerprint density at radius 3 is 2.56 bits per heavy atom. The van der Waals surface area contributed by atoms with E-state index in [-0.39, 0.29) is 5.92 Å². The molecule has 2 aliphatic rings. The average molecular weight is 367 g/mol. The molecular formula is C23H29NO3. The largest absolute Gasteiger partial charge is 0.481 e. The van der Waals surface area contributed by atoms with Crippen LogP contribution in [0.15, 0.2) is 42.5 Å². The molecule has 2 aromatic rings. The SMILES string of the molecule is CC(C(=O)O)(c1cccc2ccccc12)C1CCCCC1N1CCOCC1. The molecule has 4 nitrogen and oxygen atoms in total. The number of aliphatic carboxylic acids is 1. The molecule has 2 fully saturated rings. The Labute approximate surface area is 161 Å². The van der Waals surface area contributed by atoms with Gasteiger partial charge in [0, 0.05) is 19.1 Å². The van der Waals surface area contributed by atoms with Crippen LogP contribution >= 0.6 is 0 Å². The second-order valence-corrected chi connectivity index (χ2v) is 8.14. The number of carboxylic acid groups (broad SMARTS) is 1. The Bertz CT molecular complexity index is 809. The molecule has 144 valence electrons. The van der Waals surface area contributed by atoms with Crippen LogP contribution in [-0.4, -0.2) is 48.3 Å². The molecule has 0 bridgehead atoms. The minimum atomic E-state index is -0.899. The van der Waals surface area contributed by atoms with Crippen LogP contribution in [0.1, 0.15) is 38.2 Å². The third-order valence-electron chi connectivity index (χ3n) is 6.78. The van der Waals surface area contributed by atoms with Crippen molar-refractivity contribution in [1.29, 1.82) is 0 Å². The van der Waals surface area contributed by atoms with Crippen LogP contribution in [0.4, 0.5) is 0 Å². The van der Waals surface area contributed by atoms with Gasteiger partial charge >= 0.3 is 5.97 Å². The first kappa shape index (κ1) is 18.5. The molecule has 2 aromatic carbocycles. The maximum atomic E-state index is 12.7. The van der Waals surface area contributed by atoms with Crippen LogP contribution in [-0.2, 0) is 14.9 Å². The molecule has 1 aliphatic carbocycles. The summed E-state index contributed by atoms with van der Waals surface area (Å²) < 4.78 is 5.54. The van der Waals surface area contributed by atoms with E-state index in [1.165, 1.54) is 6.42 Å². The summed E-state index contributed by atoms with van der Waals surface area (Å²) in [6.45, 7) is 5.28. The van der Waals surface area contributed by atoms with Crippen LogP contribution in [0.25, 0.3) is 10.8 Å². The third kappa shape index (κ3) is 3.26. The second kappa shape index (κ2) is 7.61. The van der Waals surface area contributed by atoms with Gasteiger partial charge in [-0.05, 0) is 42.0 Å². The molecule has 4 heteroatoms. The van der Waals surface area contributed by atoms with Gasteiger partial charge in [0.2, 0.25) is 0 Å². The van der Waals surface area contributed by atoms with E-state index in [1.807, 2.05) is 31.2 Å². The third-order valence-corrected chi connectivity index (χ3v) is 6.78. The number of ether oxygens (including phenoxy) is 1. The van der Waals surface area contributed by atoms with Crippen molar-refractivity contribution in [3.05, 3.63) is 48.0 Å². The van der Waals surface area contributed by atoms with Gasteiger partial charge in [-0.2, -0.15) is 0 Å². The van der Waals surface area contributed by atoms with Gasteiger partial charge in [-0.3, -0.25) is 9.69 Å². The summed E-state index contributed by atoms with van der Waals surface area (Å²) in [4.78, 5) is 15.2. The zero-order valence-corrected chi connectivity index (χ0v) is 16.1. The Hall–Kier alpha value is -1.91. The van der Waals surface area contributed by atoms with E-state index in [9.17, 15) is 9.90 Å². The molecule has 0 amide bonds. The van der Waals surface area contributed by atoms with E-state index in [1.54, 1.807) is 0 Å². The normalized spacial score (nSPS) is 26.6. The first-order valence-corrected chi connectivity index (χ1v) is 10.2. The maximum absolute atomic E-state index is 12.7. The standard InChI is InChI=1S/C23H29NO3/c1-23(22(25)26,19-11-6-8-17-7-2-3-9-18(17)19)20-10-4-5-12-21(20)24-13-15-27-16-14-24/h2-3,6-9,11,20-21H,4-5,10,12-16H2,1H3,(H,25,26). The highest BCUT2D eigenvalue weighted by Crippen LogP contribution is 2.45. The molecule has 1 saturated heterocycles. The van der Waals surface area contributed by atoms with E-state index in [0.717, 1.165) is 61.9 Å². The minimum absolute atomic E-state index is 0.104. The number of rotatable bonds is 4. The molecule has 1 N–H and O–H groups in total. The molecule has 1 aliphatic heterocycles. The summed E-state index contributed by atoms with van der Waals surface area (Å²) in [5, 5.41) is 12.6. The summed E-state index contributed by atoms with van der Waals surface area (Å²) in [6, 6.07) is 14.6. The van der Waals surface area contributed by atoms with Crippen LogP contribution < -0.4 is 0 Å². The van der Waals surface area contributed by atoms with Crippen LogP contribution in [0.5, 0.6) is 0 Å². The molecule has 3 unspecified atom stereocenters. The zero-order valence-electron chi connectivity index (χ0n) is 16.1. The number of hydrogen-bond donors (Lipinski definition) is 1. The average Bonchev–Trinajstić information content (AvgIpc) is 2.73. The maximum Gasteiger partial charge on any atom is 0.314 e. The number of benzene rings is 2. The Morgan fingerprint density at radius 2 is 1.78 bits per heavy atom. The number of fused-ring (bicyclic) bond motifs is 1. The van der Waals surface area contributed by atoms with Gasteiger partial charge in [0.15, 0.2) is 0 Å². The van der Waals surface area contributed by atoms with Crippen molar-refractivity contribution in [3.8, 4) is 0 Å². The lowest BCUT2D eigenvalue weighted by atomic mass is 9.63. The highest BCUT2D eigenvalue weighted by molar-refractivity contribution is 5.93. The molecule has 4 rings (SSSR count). The lowest BCUT2D eigenvalue weighted by molar-refractivity contribution is -0.148. The van der Waals surface area contributed by atoms with E-state index in [0.29, 0.717) is 6.04 Å². The van der Waals surface area contributed by atoms with Crippen molar-refractivity contribution in [2.75, 3.05) is 26.3 Å². The predicted octanol–water partition coefficient (Wildman–Crippen LogP) is 4.07. The van der Waals surface area contributed by atoms with Gasteiger partial charge in [-0.15, -0.1) is 0 Å². The molecule has 0 spiro atoms.